The number of hydrogen-bond donors (Lipinski definition) is 1. The van der Waals surface area contributed by atoms with Crippen LogP contribution < -0.4 is 5.32 Å². The molecular weight excluding hydrogens is 316 g/mol. The summed E-state index contributed by atoms with van der Waals surface area (Å²) in [6, 6.07) is 20.3. The first-order chi connectivity index (χ1) is 11.7. The average molecular weight is 334 g/mol. The van der Waals surface area contributed by atoms with Crippen molar-refractivity contribution in [3.05, 3.63) is 60.7 Å². The lowest BCUT2D eigenvalue weighted by Gasteiger charge is -2.02. The van der Waals surface area contributed by atoms with Gasteiger partial charge < -0.3 is 5.32 Å². The zero-order chi connectivity index (χ0) is 16.5. The monoisotopic (exact) mass is 334 g/mol. The van der Waals surface area contributed by atoms with E-state index in [0.717, 1.165) is 28.1 Å². The highest BCUT2D eigenvalue weighted by atomic mass is 32.1. The Morgan fingerprint density at radius 3 is 2.21 bits per heavy atom. The van der Waals surface area contributed by atoms with Gasteiger partial charge in [-0.2, -0.15) is 0 Å². The number of nitrogens with one attached hydrogen (secondary N) is 1. The summed E-state index contributed by atoms with van der Waals surface area (Å²) in [5, 5.41) is 3.68. The lowest BCUT2D eigenvalue weighted by molar-refractivity contribution is -0.117. The van der Waals surface area contributed by atoms with Crippen molar-refractivity contribution in [2.24, 2.45) is 11.8 Å². The second-order valence-corrected chi connectivity index (χ2v) is 7.24. The summed E-state index contributed by atoms with van der Waals surface area (Å²) in [6.45, 7) is 2.11. The molecule has 0 bridgehead atoms. The lowest BCUT2D eigenvalue weighted by atomic mass is 10.1. The molecule has 1 aliphatic carbocycles. The summed E-state index contributed by atoms with van der Waals surface area (Å²) in [4.78, 5) is 18.0. The Balaban J connectivity index is 1.72. The molecule has 4 heteroatoms. The first kappa shape index (κ1) is 15.1. The predicted molar refractivity (Wildman–Crippen MR) is 98.9 cm³/mol. The second kappa shape index (κ2) is 6.21. The van der Waals surface area contributed by atoms with Crippen LogP contribution in [0.3, 0.4) is 0 Å². The number of nitrogens with zero attached hydrogens (tertiary/aromatic N) is 1. The van der Waals surface area contributed by atoms with Gasteiger partial charge in [-0.15, -0.1) is 0 Å². The Morgan fingerprint density at radius 1 is 1.04 bits per heavy atom. The minimum absolute atomic E-state index is 0.0930. The van der Waals surface area contributed by atoms with Crippen LogP contribution in [0.2, 0.25) is 0 Å². The molecule has 1 fully saturated rings. The molecule has 1 saturated carbocycles. The van der Waals surface area contributed by atoms with Crippen molar-refractivity contribution < 1.29 is 4.79 Å². The van der Waals surface area contributed by atoms with Crippen molar-refractivity contribution in [3.8, 4) is 21.7 Å². The molecule has 1 aliphatic rings. The molecule has 0 spiro atoms. The van der Waals surface area contributed by atoms with Gasteiger partial charge in [0.2, 0.25) is 5.91 Å². The number of amides is 1. The summed E-state index contributed by atoms with van der Waals surface area (Å²) in [5.41, 5.74) is 3.10. The van der Waals surface area contributed by atoms with Crippen molar-refractivity contribution in [2.75, 3.05) is 5.32 Å². The molecule has 1 N–H and O–H groups in total. The summed E-state index contributed by atoms with van der Waals surface area (Å²) in [7, 11) is 0. The largest absolute Gasteiger partial charge is 0.302 e. The van der Waals surface area contributed by atoms with Crippen LogP contribution in [0.1, 0.15) is 13.3 Å². The fourth-order valence-electron chi connectivity index (χ4n) is 2.84. The zero-order valence-electron chi connectivity index (χ0n) is 13.4. The third-order valence-electron chi connectivity index (χ3n) is 4.39. The van der Waals surface area contributed by atoms with E-state index in [-0.39, 0.29) is 11.8 Å². The Kier molecular flexibility index (Phi) is 3.90. The van der Waals surface area contributed by atoms with Gasteiger partial charge in [-0.1, -0.05) is 78.9 Å². The zero-order valence-corrected chi connectivity index (χ0v) is 14.2. The standard InChI is InChI=1S/C20H18N2OS/c1-13-12-16(13)19(23)22-20-21-17(14-8-4-2-5-9-14)18(24-20)15-10-6-3-7-11-15/h2-11,13,16H,12H2,1H3,(H,21,22,23)/t13-,16-/m1/s1. The molecule has 0 unspecified atom stereocenters. The predicted octanol–water partition coefficient (Wildman–Crippen LogP) is 5.07. The molecule has 1 heterocycles. The van der Waals surface area contributed by atoms with Crippen molar-refractivity contribution in [2.45, 2.75) is 13.3 Å². The van der Waals surface area contributed by atoms with Gasteiger partial charge in [-0.05, 0) is 17.9 Å². The number of rotatable bonds is 4. The summed E-state index contributed by atoms with van der Waals surface area (Å²) >= 11 is 1.54. The SMILES string of the molecule is C[C@@H]1C[C@H]1C(=O)Nc1nc(-c2ccccc2)c(-c2ccccc2)s1. The molecule has 2 aromatic carbocycles. The molecule has 3 aromatic rings. The van der Waals surface area contributed by atoms with Gasteiger partial charge in [0.25, 0.3) is 0 Å². The molecule has 0 aliphatic heterocycles. The van der Waals surface area contributed by atoms with Crippen molar-refractivity contribution in [1.29, 1.82) is 0 Å². The Labute approximate surface area is 145 Å². The van der Waals surface area contributed by atoms with E-state index in [1.54, 1.807) is 0 Å². The van der Waals surface area contributed by atoms with Crippen LogP contribution in [0.5, 0.6) is 0 Å². The highest BCUT2D eigenvalue weighted by Gasteiger charge is 2.39. The van der Waals surface area contributed by atoms with Crippen LogP contribution >= 0.6 is 11.3 Å². The molecule has 0 saturated heterocycles. The van der Waals surface area contributed by atoms with Crippen molar-refractivity contribution in [1.82, 2.24) is 4.98 Å². The van der Waals surface area contributed by atoms with E-state index in [1.807, 2.05) is 36.4 Å². The molecule has 2 atom stereocenters. The minimum atomic E-state index is 0.0930. The Bertz CT molecular complexity index is 801. The van der Waals surface area contributed by atoms with Gasteiger partial charge in [0.05, 0.1) is 10.6 Å². The summed E-state index contributed by atoms with van der Waals surface area (Å²) in [5.74, 6) is 0.733. The number of hydrogen-bond acceptors (Lipinski definition) is 3. The van der Waals surface area contributed by atoms with Crippen LogP contribution in [-0.4, -0.2) is 10.9 Å². The Hall–Kier alpha value is -2.46. The second-order valence-electron chi connectivity index (χ2n) is 6.24. The van der Waals surface area contributed by atoms with Gasteiger partial charge >= 0.3 is 0 Å². The normalized spacial score (nSPS) is 19.0. The number of thiazole rings is 1. The molecular formula is C20H18N2OS. The van der Waals surface area contributed by atoms with Gasteiger partial charge in [0.15, 0.2) is 5.13 Å². The number of anilines is 1. The van der Waals surface area contributed by atoms with E-state index >= 15 is 0 Å². The number of carbonyl (C=O) groups is 1. The quantitative estimate of drug-likeness (QED) is 0.723. The molecule has 0 radical (unpaired) electrons. The van der Waals surface area contributed by atoms with Gasteiger partial charge in [0, 0.05) is 11.5 Å². The third kappa shape index (κ3) is 2.97. The highest BCUT2D eigenvalue weighted by Crippen LogP contribution is 2.41. The van der Waals surface area contributed by atoms with Crippen LogP contribution in [0, 0.1) is 11.8 Å². The highest BCUT2D eigenvalue weighted by molar-refractivity contribution is 7.19. The van der Waals surface area contributed by atoms with E-state index in [9.17, 15) is 4.79 Å². The maximum atomic E-state index is 12.2. The topological polar surface area (TPSA) is 42.0 Å². The van der Waals surface area contributed by atoms with Crippen LogP contribution in [-0.2, 0) is 4.79 Å². The smallest absolute Gasteiger partial charge is 0.229 e. The van der Waals surface area contributed by atoms with Crippen LogP contribution in [0.25, 0.3) is 21.7 Å². The molecule has 1 amide bonds. The van der Waals surface area contributed by atoms with E-state index in [2.05, 4.69) is 36.5 Å². The van der Waals surface area contributed by atoms with E-state index in [4.69, 9.17) is 4.98 Å². The van der Waals surface area contributed by atoms with Crippen molar-refractivity contribution >= 4 is 22.4 Å². The van der Waals surface area contributed by atoms with E-state index in [1.165, 1.54) is 11.3 Å². The number of carbonyl (C=O) groups excluding carboxylic acids is 1. The van der Waals surface area contributed by atoms with Crippen LogP contribution in [0.4, 0.5) is 5.13 Å². The summed E-state index contributed by atoms with van der Waals surface area (Å²) in [6.07, 6.45) is 0.980. The minimum Gasteiger partial charge on any atom is -0.302 e. The first-order valence-electron chi connectivity index (χ1n) is 8.15. The average Bonchev–Trinajstić information content (AvgIpc) is 3.21. The van der Waals surface area contributed by atoms with Gasteiger partial charge in [-0.3, -0.25) is 4.79 Å². The first-order valence-corrected chi connectivity index (χ1v) is 8.96. The maximum absolute atomic E-state index is 12.2. The van der Waals surface area contributed by atoms with Crippen LogP contribution in [0.15, 0.2) is 60.7 Å². The molecule has 3 nitrogen and oxygen atoms in total. The van der Waals surface area contributed by atoms with Gasteiger partial charge in [0.1, 0.15) is 0 Å². The third-order valence-corrected chi connectivity index (χ3v) is 5.41. The van der Waals surface area contributed by atoms with E-state index in [0.29, 0.717) is 11.0 Å². The molecule has 4 rings (SSSR count). The van der Waals surface area contributed by atoms with E-state index < -0.39 is 0 Å². The summed E-state index contributed by atoms with van der Waals surface area (Å²) < 4.78 is 0. The maximum Gasteiger partial charge on any atom is 0.229 e. The lowest BCUT2D eigenvalue weighted by Crippen LogP contribution is -2.14. The molecule has 120 valence electrons. The Morgan fingerprint density at radius 2 is 1.62 bits per heavy atom. The fourth-order valence-corrected chi connectivity index (χ4v) is 3.83. The number of aromatic nitrogens is 1. The fraction of sp³-hybridized carbons (Fsp3) is 0.200. The molecule has 24 heavy (non-hydrogen) atoms. The van der Waals surface area contributed by atoms with Gasteiger partial charge in [-0.25, -0.2) is 4.98 Å². The number of benzene rings is 2. The molecule has 1 aromatic heterocycles. The van der Waals surface area contributed by atoms with Crippen molar-refractivity contribution in [3.63, 3.8) is 0 Å².